The number of halogens is 2. The Morgan fingerprint density at radius 2 is 1.76 bits per heavy atom. The molecular weight excluding hydrogens is 270 g/mol. The molecule has 2 rings (SSSR count). The van der Waals surface area contributed by atoms with E-state index in [-0.39, 0.29) is 6.04 Å². The molecule has 0 spiro atoms. The van der Waals surface area contributed by atoms with E-state index in [9.17, 15) is 8.78 Å². The highest BCUT2D eigenvalue weighted by atomic mass is 19.2. The number of likely N-dealkylation sites (N-methyl/N-ethyl adjacent to an activating group) is 2. The summed E-state index contributed by atoms with van der Waals surface area (Å²) in [4.78, 5) is 2.02. The molecule has 0 aliphatic rings. The largest absolute Gasteiger partial charge is 0.373 e. The summed E-state index contributed by atoms with van der Waals surface area (Å²) >= 11 is 0. The zero-order valence-corrected chi connectivity index (χ0v) is 12.5. The predicted molar refractivity (Wildman–Crippen MR) is 82.6 cm³/mol. The Morgan fingerprint density at radius 3 is 2.38 bits per heavy atom. The fourth-order valence-corrected chi connectivity index (χ4v) is 2.31. The van der Waals surface area contributed by atoms with E-state index in [0.717, 1.165) is 11.8 Å². The van der Waals surface area contributed by atoms with E-state index in [1.807, 2.05) is 43.1 Å². The van der Waals surface area contributed by atoms with Crippen molar-refractivity contribution >= 4 is 5.69 Å². The van der Waals surface area contributed by atoms with Gasteiger partial charge in [0.1, 0.15) is 0 Å². The summed E-state index contributed by atoms with van der Waals surface area (Å²) in [5.74, 6) is -1.60. The minimum atomic E-state index is -0.814. The molecule has 0 radical (unpaired) electrons. The fraction of sp³-hybridized carbons (Fsp3) is 0.294. The monoisotopic (exact) mass is 290 g/mol. The summed E-state index contributed by atoms with van der Waals surface area (Å²) in [7, 11) is 3.68. The van der Waals surface area contributed by atoms with Gasteiger partial charge in [0.2, 0.25) is 0 Å². The summed E-state index contributed by atoms with van der Waals surface area (Å²) in [5, 5.41) is 3.05. The topological polar surface area (TPSA) is 15.3 Å². The number of aryl methyl sites for hydroxylation is 1. The highest BCUT2D eigenvalue weighted by Gasteiger charge is 2.18. The smallest absolute Gasteiger partial charge is 0.163 e. The Hall–Kier alpha value is -1.94. The maximum atomic E-state index is 13.9. The van der Waals surface area contributed by atoms with Crippen LogP contribution in [0.25, 0.3) is 0 Å². The van der Waals surface area contributed by atoms with Gasteiger partial charge in [-0.1, -0.05) is 29.8 Å². The third-order valence-electron chi connectivity index (χ3n) is 3.64. The maximum absolute atomic E-state index is 13.9. The molecule has 0 bridgehead atoms. The summed E-state index contributed by atoms with van der Waals surface area (Å²) in [6.45, 7) is 2.57. The van der Waals surface area contributed by atoms with Crippen molar-refractivity contribution < 1.29 is 8.78 Å². The van der Waals surface area contributed by atoms with Gasteiger partial charge in [0, 0.05) is 24.8 Å². The van der Waals surface area contributed by atoms with Gasteiger partial charge in [0.25, 0.3) is 0 Å². The molecule has 0 saturated heterocycles. The van der Waals surface area contributed by atoms with E-state index >= 15 is 0 Å². The first-order valence-electron chi connectivity index (χ1n) is 6.92. The molecule has 0 fully saturated rings. The molecule has 1 N–H and O–H groups in total. The molecule has 2 nitrogen and oxygen atoms in total. The molecule has 0 amide bonds. The van der Waals surface area contributed by atoms with Crippen molar-refractivity contribution in [3.63, 3.8) is 0 Å². The second-order valence-electron chi connectivity index (χ2n) is 5.20. The Kier molecular flexibility index (Phi) is 4.91. The third kappa shape index (κ3) is 3.58. The number of benzene rings is 2. The van der Waals surface area contributed by atoms with E-state index in [4.69, 9.17) is 0 Å². The molecule has 0 saturated carbocycles. The standard InChI is InChI=1S/C17H20F2N2/c1-12-7-9-13(10-8-12)21(3)11-16(20-2)14-5-4-6-15(18)17(14)19/h4-10,16,20H,11H2,1-3H3. The predicted octanol–water partition coefficient (Wildman–Crippen LogP) is 3.67. The first-order chi connectivity index (χ1) is 10.0. The highest BCUT2D eigenvalue weighted by molar-refractivity contribution is 5.47. The maximum Gasteiger partial charge on any atom is 0.163 e. The van der Waals surface area contributed by atoms with Gasteiger partial charge < -0.3 is 10.2 Å². The Balaban J connectivity index is 2.18. The highest BCUT2D eigenvalue weighted by Crippen LogP contribution is 2.22. The van der Waals surface area contributed by atoms with Gasteiger partial charge in [-0.15, -0.1) is 0 Å². The van der Waals surface area contributed by atoms with Gasteiger partial charge >= 0.3 is 0 Å². The van der Waals surface area contributed by atoms with Crippen LogP contribution in [0, 0.1) is 18.6 Å². The normalized spacial score (nSPS) is 12.2. The average Bonchev–Trinajstić information content (AvgIpc) is 2.48. The zero-order valence-electron chi connectivity index (χ0n) is 12.5. The van der Waals surface area contributed by atoms with Crippen molar-refractivity contribution in [2.24, 2.45) is 0 Å². The van der Waals surface area contributed by atoms with Crippen molar-refractivity contribution in [3.05, 3.63) is 65.2 Å². The second kappa shape index (κ2) is 6.68. The molecule has 21 heavy (non-hydrogen) atoms. The van der Waals surface area contributed by atoms with Crippen LogP contribution >= 0.6 is 0 Å². The Morgan fingerprint density at radius 1 is 1.10 bits per heavy atom. The number of rotatable bonds is 5. The molecule has 2 aromatic carbocycles. The quantitative estimate of drug-likeness (QED) is 0.904. The van der Waals surface area contributed by atoms with Gasteiger partial charge in [0.05, 0.1) is 6.04 Å². The summed E-state index contributed by atoms with van der Waals surface area (Å²) in [6, 6.07) is 12.1. The lowest BCUT2D eigenvalue weighted by Crippen LogP contribution is -2.32. The molecule has 0 aliphatic heterocycles. The lowest BCUT2D eigenvalue weighted by Gasteiger charge is -2.26. The minimum Gasteiger partial charge on any atom is -0.373 e. The molecule has 112 valence electrons. The molecule has 1 atom stereocenters. The van der Waals surface area contributed by atoms with Gasteiger partial charge in [-0.25, -0.2) is 8.78 Å². The van der Waals surface area contributed by atoms with Crippen molar-refractivity contribution in [2.45, 2.75) is 13.0 Å². The number of hydrogen-bond donors (Lipinski definition) is 1. The van der Waals surface area contributed by atoms with Crippen molar-refractivity contribution in [2.75, 3.05) is 25.5 Å². The summed E-state index contributed by atoms with van der Waals surface area (Å²) < 4.78 is 27.3. The number of hydrogen-bond acceptors (Lipinski definition) is 2. The number of anilines is 1. The first kappa shape index (κ1) is 15.4. The van der Waals surface area contributed by atoms with Crippen LogP contribution in [0.3, 0.4) is 0 Å². The van der Waals surface area contributed by atoms with Gasteiger partial charge in [-0.3, -0.25) is 0 Å². The lowest BCUT2D eigenvalue weighted by molar-refractivity contribution is 0.474. The van der Waals surface area contributed by atoms with Gasteiger partial charge in [0.15, 0.2) is 11.6 Å². The third-order valence-corrected chi connectivity index (χ3v) is 3.64. The molecule has 1 unspecified atom stereocenters. The van der Waals surface area contributed by atoms with Crippen LogP contribution in [0.1, 0.15) is 17.2 Å². The van der Waals surface area contributed by atoms with Crippen LogP contribution < -0.4 is 10.2 Å². The van der Waals surface area contributed by atoms with Crippen LogP contribution in [0.2, 0.25) is 0 Å². The Labute approximate surface area is 124 Å². The molecule has 2 aromatic rings. The van der Waals surface area contributed by atoms with Crippen LogP contribution in [-0.4, -0.2) is 20.6 Å². The second-order valence-corrected chi connectivity index (χ2v) is 5.20. The van der Waals surface area contributed by atoms with E-state index in [1.54, 1.807) is 13.1 Å². The van der Waals surface area contributed by atoms with E-state index in [2.05, 4.69) is 5.32 Å². The average molecular weight is 290 g/mol. The Bertz CT molecular complexity index is 596. The SMILES string of the molecule is CNC(CN(C)c1ccc(C)cc1)c1cccc(F)c1F. The van der Waals surface area contributed by atoms with Crippen molar-refractivity contribution in [1.29, 1.82) is 0 Å². The number of nitrogens with one attached hydrogen (secondary N) is 1. The summed E-state index contributed by atoms with van der Waals surface area (Å²) in [5.41, 5.74) is 2.57. The zero-order chi connectivity index (χ0) is 15.4. The molecule has 0 heterocycles. The van der Waals surface area contributed by atoms with Crippen LogP contribution in [0.5, 0.6) is 0 Å². The van der Waals surface area contributed by atoms with Crippen LogP contribution in [0.4, 0.5) is 14.5 Å². The first-order valence-corrected chi connectivity index (χ1v) is 6.92. The fourth-order valence-electron chi connectivity index (χ4n) is 2.31. The van der Waals surface area contributed by atoms with E-state index < -0.39 is 11.6 Å². The summed E-state index contributed by atoms with van der Waals surface area (Å²) in [6.07, 6.45) is 0. The van der Waals surface area contributed by atoms with E-state index in [1.165, 1.54) is 11.6 Å². The number of nitrogens with zero attached hydrogens (tertiary/aromatic N) is 1. The molecular formula is C17H20F2N2. The van der Waals surface area contributed by atoms with Crippen LogP contribution in [0.15, 0.2) is 42.5 Å². The molecule has 0 aromatic heterocycles. The van der Waals surface area contributed by atoms with E-state index in [0.29, 0.717) is 12.1 Å². The molecule has 4 heteroatoms. The van der Waals surface area contributed by atoms with Crippen molar-refractivity contribution in [1.82, 2.24) is 5.32 Å². The van der Waals surface area contributed by atoms with Crippen LogP contribution in [-0.2, 0) is 0 Å². The lowest BCUT2D eigenvalue weighted by atomic mass is 10.1. The minimum absolute atomic E-state index is 0.285. The van der Waals surface area contributed by atoms with Gasteiger partial charge in [-0.2, -0.15) is 0 Å². The van der Waals surface area contributed by atoms with Crippen molar-refractivity contribution in [3.8, 4) is 0 Å². The van der Waals surface area contributed by atoms with Gasteiger partial charge in [-0.05, 0) is 32.2 Å². The molecule has 0 aliphatic carbocycles.